The first-order valence-electron chi connectivity index (χ1n) is 7.82. The molecule has 0 aromatic carbocycles. The highest BCUT2D eigenvalue weighted by Crippen LogP contribution is 2.30. The highest BCUT2D eigenvalue weighted by Gasteiger charge is 2.28. The van der Waals surface area contributed by atoms with Crippen molar-refractivity contribution >= 4 is 16.9 Å². The van der Waals surface area contributed by atoms with E-state index in [2.05, 4.69) is 20.2 Å². The molecule has 3 aromatic heterocycles. The normalized spacial score (nSPS) is 18.3. The Hall–Kier alpha value is -2.76. The van der Waals surface area contributed by atoms with Gasteiger partial charge >= 0.3 is 0 Å². The number of amides is 1. The molecular weight excluding hydrogens is 290 g/mol. The number of nitrogens with zero attached hydrogens (tertiary/aromatic N) is 4. The molecule has 6 heteroatoms. The second-order valence-corrected chi connectivity index (χ2v) is 5.82. The van der Waals surface area contributed by atoms with E-state index in [0.29, 0.717) is 12.2 Å². The Labute approximate surface area is 133 Å². The number of piperidine rings is 1. The summed E-state index contributed by atoms with van der Waals surface area (Å²) in [5.74, 6) is 0.253. The molecule has 1 atom stereocenters. The number of hydrogen-bond acceptors (Lipinski definition) is 4. The summed E-state index contributed by atoms with van der Waals surface area (Å²) < 4.78 is 0. The molecule has 1 unspecified atom stereocenters. The predicted octanol–water partition coefficient (Wildman–Crippen LogP) is 2.37. The lowest BCUT2D eigenvalue weighted by Gasteiger charge is -2.32. The minimum absolute atomic E-state index is 0.00255. The van der Waals surface area contributed by atoms with Gasteiger partial charge in [-0.3, -0.25) is 14.9 Å². The number of pyridine rings is 2. The number of carbonyl (C=O) groups is 1. The number of aromatic nitrogens is 4. The molecule has 1 aliphatic heterocycles. The molecule has 4 rings (SSSR count). The Morgan fingerprint density at radius 2 is 2.09 bits per heavy atom. The molecule has 6 nitrogen and oxygen atoms in total. The quantitative estimate of drug-likeness (QED) is 0.788. The van der Waals surface area contributed by atoms with Gasteiger partial charge in [-0.15, -0.1) is 0 Å². The summed E-state index contributed by atoms with van der Waals surface area (Å²) in [5.41, 5.74) is 2.31. The summed E-state index contributed by atoms with van der Waals surface area (Å²) in [5, 5.41) is 8.43. The van der Waals surface area contributed by atoms with Gasteiger partial charge in [-0.05, 0) is 37.1 Å². The molecule has 0 radical (unpaired) electrons. The SMILES string of the molecule is O=C(c1ccccn1)N1CCCC(c2[nH]nc3ncccc23)C1. The summed E-state index contributed by atoms with van der Waals surface area (Å²) in [4.78, 5) is 22.9. The molecule has 0 saturated carbocycles. The van der Waals surface area contributed by atoms with Crippen molar-refractivity contribution in [3.8, 4) is 0 Å². The maximum Gasteiger partial charge on any atom is 0.272 e. The average molecular weight is 307 g/mol. The lowest BCUT2D eigenvalue weighted by Crippen LogP contribution is -2.39. The van der Waals surface area contributed by atoms with Crippen LogP contribution in [0.15, 0.2) is 42.7 Å². The fourth-order valence-electron chi connectivity index (χ4n) is 3.23. The minimum Gasteiger partial charge on any atom is -0.337 e. The Morgan fingerprint density at radius 1 is 1.17 bits per heavy atom. The van der Waals surface area contributed by atoms with Crippen LogP contribution in [0.5, 0.6) is 0 Å². The van der Waals surface area contributed by atoms with Crippen molar-refractivity contribution in [2.24, 2.45) is 0 Å². The van der Waals surface area contributed by atoms with Gasteiger partial charge in [0.15, 0.2) is 5.65 Å². The van der Waals surface area contributed by atoms with Gasteiger partial charge in [0.05, 0.1) is 0 Å². The monoisotopic (exact) mass is 307 g/mol. The van der Waals surface area contributed by atoms with Crippen LogP contribution in [0.3, 0.4) is 0 Å². The Balaban J connectivity index is 1.59. The predicted molar refractivity (Wildman–Crippen MR) is 86.0 cm³/mol. The van der Waals surface area contributed by atoms with Gasteiger partial charge < -0.3 is 4.90 Å². The molecule has 3 aromatic rings. The van der Waals surface area contributed by atoms with Gasteiger partial charge in [-0.1, -0.05) is 6.07 Å². The Kier molecular flexibility index (Phi) is 3.49. The van der Waals surface area contributed by atoms with E-state index in [1.165, 1.54) is 0 Å². The largest absolute Gasteiger partial charge is 0.337 e. The van der Waals surface area contributed by atoms with Crippen LogP contribution in [0.4, 0.5) is 0 Å². The second-order valence-electron chi connectivity index (χ2n) is 5.82. The molecule has 116 valence electrons. The van der Waals surface area contributed by atoms with Gasteiger partial charge in [-0.25, -0.2) is 4.98 Å². The number of H-pyrrole nitrogens is 1. The van der Waals surface area contributed by atoms with Crippen LogP contribution in [0.1, 0.15) is 34.9 Å². The molecule has 1 saturated heterocycles. The van der Waals surface area contributed by atoms with Crippen molar-refractivity contribution in [3.05, 3.63) is 54.1 Å². The Bertz CT molecular complexity index is 829. The highest BCUT2D eigenvalue weighted by atomic mass is 16.2. The van der Waals surface area contributed by atoms with Crippen LogP contribution >= 0.6 is 0 Å². The second kappa shape index (κ2) is 5.79. The van der Waals surface area contributed by atoms with Crippen LogP contribution < -0.4 is 0 Å². The van der Waals surface area contributed by atoms with E-state index in [4.69, 9.17) is 0 Å². The van der Waals surface area contributed by atoms with Crippen molar-refractivity contribution in [1.29, 1.82) is 0 Å². The first kappa shape index (κ1) is 13.9. The number of hydrogen-bond donors (Lipinski definition) is 1. The van der Waals surface area contributed by atoms with Crippen molar-refractivity contribution in [2.45, 2.75) is 18.8 Å². The zero-order valence-electron chi connectivity index (χ0n) is 12.6. The van der Waals surface area contributed by atoms with E-state index in [1.54, 1.807) is 18.5 Å². The number of rotatable bonds is 2. The topological polar surface area (TPSA) is 74.8 Å². The Morgan fingerprint density at radius 3 is 2.96 bits per heavy atom. The molecule has 1 fully saturated rings. The van der Waals surface area contributed by atoms with Gasteiger partial charge in [-0.2, -0.15) is 5.10 Å². The molecule has 1 amide bonds. The van der Waals surface area contributed by atoms with Crippen LogP contribution in [0, 0.1) is 0 Å². The molecule has 0 aliphatic carbocycles. The fraction of sp³-hybridized carbons (Fsp3) is 0.294. The molecule has 0 spiro atoms. The van der Waals surface area contributed by atoms with Gasteiger partial charge in [0, 0.05) is 42.5 Å². The number of nitrogens with one attached hydrogen (secondary N) is 1. The summed E-state index contributed by atoms with van der Waals surface area (Å²) in [6.45, 7) is 1.46. The van der Waals surface area contributed by atoms with Gasteiger partial charge in [0.2, 0.25) is 0 Å². The van der Waals surface area contributed by atoms with Crippen LogP contribution in [0.2, 0.25) is 0 Å². The van der Waals surface area contributed by atoms with Crippen molar-refractivity contribution in [1.82, 2.24) is 25.1 Å². The van der Waals surface area contributed by atoms with E-state index in [1.807, 2.05) is 29.2 Å². The number of aromatic amines is 1. The lowest BCUT2D eigenvalue weighted by atomic mass is 9.93. The maximum absolute atomic E-state index is 12.6. The molecular formula is C17H17N5O. The molecule has 1 N–H and O–H groups in total. The minimum atomic E-state index is -0.00255. The average Bonchev–Trinajstić information content (AvgIpc) is 3.06. The van der Waals surface area contributed by atoms with E-state index >= 15 is 0 Å². The standard InChI is InChI=1S/C17H17N5O/c23-17(14-7-1-2-8-18-14)22-10-4-5-12(11-22)15-13-6-3-9-19-16(13)21-20-15/h1-3,6-9,12H,4-5,10-11H2,(H,19,20,21). The third-order valence-corrected chi connectivity index (χ3v) is 4.36. The van der Waals surface area contributed by atoms with Crippen LogP contribution in [0.25, 0.3) is 11.0 Å². The summed E-state index contributed by atoms with van der Waals surface area (Å²) >= 11 is 0. The van der Waals surface area contributed by atoms with Crippen molar-refractivity contribution < 1.29 is 4.79 Å². The third-order valence-electron chi connectivity index (χ3n) is 4.36. The van der Waals surface area contributed by atoms with Crippen molar-refractivity contribution in [2.75, 3.05) is 13.1 Å². The highest BCUT2D eigenvalue weighted by molar-refractivity contribution is 5.92. The lowest BCUT2D eigenvalue weighted by molar-refractivity contribution is 0.0700. The number of fused-ring (bicyclic) bond motifs is 1. The van der Waals surface area contributed by atoms with E-state index < -0.39 is 0 Å². The van der Waals surface area contributed by atoms with Gasteiger partial charge in [0.25, 0.3) is 5.91 Å². The zero-order valence-corrected chi connectivity index (χ0v) is 12.6. The molecule has 1 aliphatic rings. The fourth-order valence-corrected chi connectivity index (χ4v) is 3.23. The number of carbonyl (C=O) groups excluding carboxylic acids is 1. The molecule has 23 heavy (non-hydrogen) atoms. The first-order valence-corrected chi connectivity index (χ1v) is 7.82. The van der Waals surface area contributed by atoms with E-state index in [-0.39, 0.29) is 11.8 Å². The van der Waals surface area contributed by atoms with Gasteiger partial charge in [0.1, 0.15) is 5.69 Å². The first-order chi connectivity index (χ1) is 11.3. The molecule has 0 bridgehead atoms. The zero-order chi connectivity index (χ0) is 15.6. The summed E-state index contributed by atoms with van der Waals surface area (Å²) in [6, 6.07) is 9.37. The number of likely N-dealkylation sites (tertiary alicyclic amines) is 1. The van der Waals surface area contributed by atoms with Crippen molar-refractivity contribution in [3.63, 3.8) is 0 Å². The third kappa shape index (κ3) is 2.56. The van der Waals surface area contributed by atoms with E-state index in [0.717, 1.165) is 36.1 Å². The smallest absolute Gasteiger partial charge is 0.272 e. The van der Waals surface area contributed by atoms with E-state index in [9.17, 15) is 4.79 Å². The van der Waals surface area contributed by atoms with Crippen LogP contribution in [-0.4, -0.2) is 44.1 Å². The van der Waals surface area contributed by atoms with Crippen LogP contribution in [-0.2, 0) is 0 Å². The maximum atomic E-state index is 12.6. The summed E-state index contributed by atoms with van der Waals surface area (Å²) in [6.07, 6.45) is 5.41. The molecule has 4 heterocycles. The summed E-state index contributed by atoms with van der Waals surface area (Å²) in [7, 11) is 0.